The van der Waals surface area contributed by atoms with Crippen molar-refractivity contribution in [2.75, 3.05) is 11.4 Å². The first-order valence-electron chi connectivity index (χ1n) is 7.00. The SMILES string of the molecule is CC.Cc1ccccc1C1=C(O)c2ccoc2N(C)S1(=O)=O.[CH3-].[Y]. The maximum atomic E-state index is 12.6. The van der Waals surface area contributed by atoms with Crippen molar-refractivity contribution in [1.29, 1.82) is 0 Å². The zero-order valence-corrected chi connectivity index (χ0v) is 18.2. The molecule has 1 aliphatic rings. The van der Waals surface area contributed by atoms with Crippen molar-refractivity contribution in [3.05, 3.63) is 60.7 Å². The first-order chi connectivity index (χ1) is 10.4. The Morgan fingerprint density at radius 3 is 2.25 bits per heavy atom. The summed E-state index contributed by atoms with van der Waals surface area (Å²) in [4.78, 5) is -0.0907. The molecule has 0 amide bonds. The van der Waals surface area contributed by atoms with Crippen molar-refractivity contribution >= 4 is 26.6 Å². The third-order valence-electron chi connectivity index (χ3n) is 3.41. The molecule has 129 valence electrons. The molecule has 3 rings (SSSR count). The third kappa shape index (κ3) is 3.60. The van der Waals surface area contributed by atoms with Gasteiger partial charge in [-0.1, -0.05) is 38.1 Å². The summed E-state index contributed by atoms with van der Waals surface area (Å²) in [7, 11) is -2.44. The van der Waals surface area contributed by atoms with Crippen molar-refractivity contribution in [1.82, 2.24) is 0 Å². The van der Waals surface area contributed by atoms with Crippen LogP contribution < -0.4 is 4.31 Å². The Kier molecular flexibility index (Phi) is 8.43. The quantitative estimate of drug-likeness (QED) is 0.695. The fourth-order valence-corrected chi connectivity index (χ4v) is 3.80. The number of nitrogens with zero attached hydrogens (tertiary/aromatic N) is 1. The minimum atomic E-state index is -3.84. The fourth-order valence-electron chi connectivity index (χ4n) is 2.31. The largest absolute Gasteiger partial charge is 0.506 e. The molecule has 0 saturated carbocycles. The molecule has 0 fully saturated rings. The van der Waals surface area contributed by atoms with Crippen LogP contribution >= 0.6 is 0 Å². The summed E-state index contributed by atoms with van der Waals surface area (Å²) in [5, 5.41) is 10.4. The summed E-state index contributed by atoms with van der Waals surface area (Å²) in [6.07, 6.45) is 1.35. The molecule has 0 spiro atoms. The van der Waals surface area contributed by atoms with E-state index in [1.807, 2.05) is 19.9 Å². The number of aliphatic hydroxyl groups is 1. The summed E-state index contributed by atoms with van der Waals surface area (Å²) in [6, 6.07) is 8.59. The number of rotatable bonds is 1. The minimum absolute atomic E-state index is 0. The Hall–Kier alpha value is -1.11. The summed E-state index contributed by atoms with van der Waals surface area (Å²) in [5.74, 6) is -0.152. The van der Waals surface area contributed by atoms with Gasteiger partial charge in [0.15, 0.2) is 0 Å². The number of anilines is 1. The van der Waals surface area contributed by atoms with Gasteiger partial charge >= 0.3 is 0 Å². The fraction of sp³-hybridized carbons (Fsp3) is 0.235. The zero-order valence-electron chi connectivity index (χ0n) is 14.6. The van der Waals surface area contributed by atoms with E-state index in [9.17, 15) is 13.5 Å². The molecular weight excluding hydrogens is 403 g/mol. The second-order valence-corrected chi connectivity index (χ2v) is 6.51. The van der Waals surface area contributed by atoms with Gasteiger partial charge in [-0.3, -0.25) is 0 Å². The van der Waals surface area contributed by atoms with Gasteiger partial charge in [-0.05, 0) is 18.6 Å². The van der Waals surface area contributed by atoms with Gasteiger partial charge in [0.1, 0.15) is 10.7 Å². The van der Waals surface area contributed by atoms with Crippen molar-refractivity contribution in [3.63, 3.8) is 0 Å². The molecule has 1 aliphatic heterocycles. The summed E-state index contributed by atoms with van der Waals surface area (Å²) >= 11 is 0. The number of hydrogen-bond donors (Lipinski definition) is 1. The van der Waals surface area contributed by atoms with Crippen LogP contribution in [0.25, 0.3) is 10.7 Å². The van der Waals surface area contributed by atoms with E-state index in [1.54, 1.807) is 31.2 Å². The number of furan rings is 1. The van der Waals surface area contributed by atoms with Crippen LogP contribution in [-0.4, -0.2) is 20.6 Å². The number of fused-ring (bicyclic) bond motifs is 1. The van der Waals surface area contributed by atoms with Crippen molar-refractivity contribution in [3.8, 4) is 0 Å². The minimum Gasteiger partial charge on any atom is -0.506 e. The first kappa shape index (κ1) is 22.9. The van der Waals surface area contributed by atoms with E-state index < -0.39 is 10.0 Å². The molecule has 7 heteroatoms. The van der Waals surface area contributed by atoms with Crippen molar-refractivity contribution < 1.29 is 50.7 Å². The molecule has 0 saturated heterocycles. The molecule has 5 nitrogen and oxygen atoms in total. The van der Waals surface area contributed by atoms with E-state index >= 15 is 0 Å². The topological polar surface area (TPSA) is 70.8 Å². The molecule has 1 aromatic heterocycles. The molecule has 2 heterocycles. The van der Waals surface area contributed by atoms with Crippen LogP contribution in [0.15, 0.2) is 41.0 Å². The Balaban J connectivity index is 0.00000128. The second-order valence-electron chi connectivity index (χ2n) is 4.60. The first-order valence-corrected chi connectivity index (χ1v) is 8.44. The monoisotopic (exact) mass is 425 g/mol. The summed E-state index contributed by atoms with van der Waals surface area (Å²) in [5.41, 5.74) is 1.64. The summed E-state index contributed by atoms with van der Waals surface area (Å²) in [6.45, 7) is 5.80. The molecule has 1 aromatic carbocycles. The molecule has 2 aromatic rings. The predicted molar refractivity (Wildman–Crippen MR) is 94.4 cm³/mol. The van der Waals surface area contributed by atoms with E-state index in [-0.39, 0.29) is 56.7 Å². The predicted octanol–water partition coefficient (Wildman–Crippen LogP) is 4.23. The molecular formula is C17H22NO4SY-. The molecule has 0 bridgehead atoms. The van der Waals surface area contributed by atoms with Crippen LogP contribution in [0, 0.1) is 14.4 Å². The van der Waals surface area contributed by atoms with Gasteiger partial charge in [0.2, 0.25) is 5.88 Å². The van der Waals surface area contributed by atoms with Gasteiger partial charge in [-0.15, -0.1) is 0 Å². The van der Waals surface area contributed by atoms with E-state index in [2.05, 4.69) is 0 Å². The zero-order chi connectivity index (χ0) is 16.5. The maximum absolute atomic E-state index is 12.6. The Bertz CT molecular complexity index is 825. The van der Waals surface area contributed by atoms with Crippen LogP contribution in [0.3, 0.4) is 0 Å². The van der Waals surface area contributed by atoms with Crippen LogP contribution in [0.5, 0.6) is 0 Å². The summed E-state index contributed by atoms with van der Waals surface area (Å²) < 4.78 is 31.4. The standard InChI is InChI=1S/C14H13NO4S.C2H6.CH3.Y/c1-9-5-3-4-6-10(9)13-12(16)11-7-8-19-14(11)15(2)20(13,17)18;1-2;;/h3-8,16H,1-2H3;1-2H3;1H3;/q;;-1;. The van der Waals surface area contributed by atoms with E-state index in [1.165, 1.54) is 13.3 Å². The van der Waals surface area contributed by atoms with Gasteiger partial charge < -0.3 is 17.0 Å². The molecule has 1 radical (unpaired) electrons. The van der Waals surface area contributed by atoms with Crippen LogP contribution in [0.4, 0.5) is 5.88 Å². The molecule has 1 N–H and O–H groups in total. The second kappa shape index (κ2) is 8.83. The molecule has 0 unspecified atom stereocenters. The van der Waals surface area contributed by atoms with Crippen LogP contribution in [0.1, 0.15) is 30.5 Å². The van der Waals surface area contributed by atoms with E-state index in [0.29, 0.717) is 11.1 Å². The maximum Gasteiger partial charge on any atom is 0.270 e. The smallest absolute Gasteiger partial charge is 0.270 e. The average molecular weight is 425 g/mol. The molecule has 0 atom stereocenters. The number of sulfonamides is 1. The number of hydrogen-bond acceptors (Lipinski definition) is 4. The van der Waals surface area contributed by atoms with Crippen LogP contribution in [0.2, 0.25) is 0 Å². The molecule has 0 aliphatic carbocycles. The van der Waals surface area contributed by atoms with Gasteiger partial charge in [0, 0.05) is 45.3 Å². The number of aliphatic hydroxyl groups excluding tert-OH is 1. The van der Waals surface area contributed by atoms with E-state index in [0.717, 1.165) is 9.87 Å². The normalized spacial score (nSPS) is 14.6. The van der Waals surface area contributed by atoms with Crippen molar-refractivity contribution in [2.24, 2.45) is 0 Å². The Morgan fingerprint density at radius 1 is 1.08 bits per heavy atom. The van der Waals surface area contributed by atoms with E-state index in [4.69, 9.17) is 4.42 Å². The van der Waals surface area contributed by atoms with Gasteiger partial charge in [-0.2, -0.15) is 0 Å². The van der Waals surface area contributed by atoms with Gasteiger partial charge in [-0.25, -0.2) is 12.7 Å². The van der Waals surface area contributed by atoms with Gasteiger partial charge in [0.05, 0.1) is 11.8 Å². The Labute approximate surface area is 169 Å². The van der Waals surface area contributed by atoms with Gasteiger partial charge in [0.25, 0.3) is 10.0 Å². The molecule has 24 heavy (non-hydrogen) atoms. The average Bonchev–Trinajstić information content (AvgIpc) is 2.99. The number of benzene rings is 1. The van der Waals surface area contributed by atoms with Crippen molar-refractivity contribution in [2.45, 2.75) is 20.8 Å². The number of aryl methyl sites for hydroxylation is 1. The third-order valence-corrected chi connectivity index (χ3v) is 5.23. The Morgan fingerprint density at radius 2 is 1.67 bits per heavy atom. The van der Waals surface area contributed by atoms with Crippen LogP contribution in [-0.2, 0) is 42.7 Å².